The first kappa shape index (κ1) is 20.2. The summed E-state index contributed by atoms with van der Waals surface area (Å²) in [5.74, 6) is 0.793. The maximum Gasteiger partial charge on any atom is 0.254 e. The third kappa shape index (κ3) is 4.85. The van der Waals surface area contributed by atoms with Crippen LogP contribution in [0.3, 0.4) is 0 Å². The number of anilines is 1. The van der Waals surface area contributed by atoms with Gasteiger partial charge in [-0.3, -0.25) is 9.59 Å². The molecular weight excluding hydrogens is 370 g/mol. The van der Waals surface area contributed by atoms with Gasteiger partial charge in [-0.2, -0.15) is 5.26 Å². The van der Waals surface area contributed by atoms with Crippen LogP contribution in [0.25, 0.3) is 0 Å². The number of rotatable bonds is 5. The number of nitrogens with one attached hydrogen (secondary N) is 1. The number of amides is 2. The molecule has 0 unspecified atom stereocenters. The first-order valence-corrected chi connectivity index (χ1v) is 9.37. The first-order chi connectivity index (χ1) is 14.0. The van der Waals surface area contributed by atoms with E-state index in [1.165, 1.54) is 0 Å². The van der Waals surface area contributed by atoms with Crippen molar-refractivity contribution >= 4 is 17.5 Å². The lowest BCUT2D eigenvalue weighted by Gasteiger charge is -2.31. The number of piperidine rings is 1. The molecule has 0 spiro atoms. The molecule has 7 heteroatoms. The molecule has 0 aromatic heterocycles. The van der Waals surface area contributed by atoms with Crippen molar-refractivity contribution in [3.05, 3.63) is 53.6 Å². The number of hydrogen-bond donors (Lipinski definition) is 1. The van der Waals surface area contributed by atoms with Crippen LogP contribution in [-0.4, -0.2) is 44.0 Å². The number of nitrogens with zero attached hydrogens (tertiary/aromatic N) is 2. The summed E-state index contributed by atoms with van der Waals surface area (Å²) in [6.45, 7) is 1.01. The molecule has 0 aliphatic carbocycles. The monoisotopic (exact) mass is 393 g/mol. The Kier molecular flexibility index (Phi) is 6.35. The number of carbonyl (C=O) groups is 2. The minimum Gasteiger partial charge on any atom is -0.497 e. The maximum atomic E-state index is 12.9. The molecule has 2 aromatic rings. The molecule has 1 aliphatic rings. The smallest absolute Gasteiger partial charge is 0.254 e. The summed E-state index contributed by atoms with van der Waals surface area (Å²) in [7, 11) is 3.09. The summed E-state index contributed by atoms with van der Waals surface area (Å²) < 4.78 is 10.5. The highest BCUT2D eigenvalue weighted by molar-refractivity contribution is 5.96. The molecule has 150 valence electrons. The standard InChI is InChI=1S/C22H23N3O4/c1-28-19-11-17(12-20(13-19)29-2)22(27)25-9-7-16(8-10-25)21(26)24-18-5-3-15(14-23)4-6-18/h3-6,11-13,16H,7-10H2,1-2H3,(H,24,26). The van der Waals surface area contributed by atoms with Crippen LogP contribution in [0, 0.1) is 17.2 Å². The molecule has 1 saturated heterocycles. The lowest BCUT2D eigenvalue weighted by molar-refractivity contribution is -0.121. The predicted molar refractivity (Wildman–Crippen MR) is 108 cm³/mol. The maximum absolute atomic E-state index is 12.9. The van der Waals surface area contributed by atoms with Gasteiger partial charge >= 0.3 is 0 Å². The van der Waals surface area contributed by atoms with Crippen LogP contribution in [0.1, 0.15) is 28.8 Å². The van der Waals surface area contributed by atoms with E-state index in [-0.39, 0.29) is 17.7 Å². The molecule has 0 radical (unpaired) electrons. The number of methoxy groups -OCH3 is 2. The predicted octanol–water partition coefficient (Wildman–Crippen LogP) is 3.07. The highest BCUT2D eigenvalue weighted by Gasteiger charge is 2.28. The minimum atomic E-state index is -0.158. The molecule has 7 nitrogen and oxygen atoms in total. The van der Waals surface area contributed by atoms with Gasteiger partial charge in [-0.15, -0.1) is 0 Å². The topological polar surface area (TPSA) is 91.7 Å². The summed E-state index contributed by atoms with van der Waals surface area (Å²) in [4.78, 5) is 27.1. The van der Waals surface area contributed by atoms with E-state index >= 15 is 0 Å². The molecule has 1 fully saturated rings. The van der Waals surface area contributed by atoms with Gasteiger partial charge in [0.15, 0.2) is 0 Å². The molecule has 2 aromatic carbocycles. The first-order valence-electron chi connectivity index (χ1n) is 9.37. The molecule has 0 atom stereocenters. The van der Waals surface area contributed by atoms with Crippen molar-refractivity contribution in [2.45, 2.75) is 12.8 Å². The van der Waals surface area contributed by atoms with E-state index < -0.39 is 0 Å². The summed E-state index contributed by atoms with van der Waals surface area (Å²) >= 11 is 0. The zero-order valence-electron chi connectivity index (χ0n) is 16.5. The van der Waals surface area contributed by atoms with Gasteiger partial charge in [0.1, 0.15) is 11.5 Å². The van der Waals surface area contributed by atoms with E-state index in [1.807, 2.05) is 6.07 Å². The molecule has 2 amide bonds. The van der Waals surface area contributed by atoms with E-state index in [4.69, 9.17) is 14.7 Å². The Morgan fingerprint density at radius 3 is 2.14 bits per heavy atom. The summed E-state index contributed by atoms with van der Waals surface area (Å²) in [6.07, 6.45) is 1.18. The summed E-state index contributed by atoms with van der Waals surface area (Å²) in [5.41, 5.74) is 1.71. The highest BCUT2D eigenvalue weighted by atomic mass is 16.5. The second-order valence-corrected chi connectivity index (χ2v) is 6.85. The van der Waals surface area contributed by atoms with Gasteiger partial charge in [0.05, 0.1) is 25.9 Å². The molecule has 1 heterocycles. The van der Waals surface area contributed by atoms with Crippen LogP contribution < -0.4 is 14.8 Å². The lowest BCUT2D eigenvalue weighted by atomic mass is 9.95. The van der Waals surface area contributed by atoms with Crippen molar-refractivity contribution in [1.29, 1.82) is 5.26 Å². The van der Waals surface area contributed by atoms with E-state index in [9.17, 15) is 9.59 Å². The van der Waals surface area contributed by atoms with Crippen molar-refractivity contribution in [3.8, 4) is 17.6 Å². The molecule has 0 bridgehead atoms. The van der Waals surface area contributed by atoms with Gasteiger partial charge in [-0.05, 0) is 49.2 Å². The Hall–Kier alpha value is -3.53. The van der Waals surface area contributed by atoms with Crippen LogP contribution in [0.4, 0.5) is 5.69 Å². The van der Waals surface area contributed by atoms with Crippen LogP contribution in [0.2, 0.25) is 0 Å². The van der Waals surface area contributed by atoms with Crippen LogP contribution in [-0.2, 0) is 4.79 Å². The van der Waals surface area contributed by atoms with Gasteiger partial charge < -0.3 is 19.7 Å². The average Bonchev–Trinajstić information content (AvgIpc) is 2.78. The van der Waals surface area contributed by atoms with Crippen LogP contribution in [0.5, 0.6) is 11.5 Å². The van der Waals surface area contributed by atoms with Gasteiger partial charge in [0, 0.05) is 36.3 Å². The SMILES string of the molecule is COc1cc(OC)cc(C(=O)N2CCC(C(=O)Nc3ccc(C#N)cc3)CC2)c1. The number of nitriles is 1. The summed E-state index contributed by atoms with van der Waals surface area (Å²) in [5, 5.41) is 11.7. The Bertz CT molecular complexity index is 904. The second-order valence-electron chi connectivity index (χ2n) is 6.85. The molecule has 3 rings (SSSR count). The highest BCUT2D eigenvalue weighted by Crippen LogP contribution is 2.26. The molecule has 29 heavy (non-hydrogen) atoms. The van der Waals surface area contributed by atoms with Gasteiger partial charge in [0.25, 0.3) is 5.91 Å². The van der Waals surface area contributed by atoms with Crippen LogP contribution >= 0.6 is 0 Å². The Morgan fingerprint density at radius 2 is 1.62 bits per heavy atom. The van der Waals surface area contributed by atoms with Crippen molar-refractivity contribution in [3.63, 3.8) is 0 Å². The third-order valence-corrected chi connectivity index (χ3v) is 5.03. The summed E-state index contributed by atoms with van der Waals surface area (Å²) in [6, 6.07) is 13.9. The van der Waals surface area contributed by atoms with Crippen molar-refractivity contribution in [1.82, 2.24) is 4.90 Å². The van der Waals surface area contributed by atoms with Gasteiger partial charge in [-0.25, -0.2) is 0 Å². The molecular formula is C22H23N3O4. The fourth-order valence-electron chi connectivity index (χ4n) is 3.33. The quantitative estimate of drug-likeness (QED) is 0.843. The zero-order chi connectivity index (χ0) is 20.8. The van der Waals surface area contributed by atoms with E-state index in [0.717, 1.165) is 0 Å². The van der Waals surface area contributed by atoms with Crippen LogP contribution in [0.15, 0.2) is 42.5 Å². The Morgan fingerprint density at radius 1 is 1.03 bits per heavy atom. The van der Waals surface area contributed by atoms with E-state index in [2.05, 4.69) is 5.32 Å². The normalized spacial score (nSPS) is 14.0. The number of ether oxygens (including phenoxy) is 2. The van der Waals surface area contributed by atoms with Crippen molar-refractivity contribution in [2.24, 2.45) is 5.92 Å². The van der Waals surface area contributed by atoms with E-state index in [0.29, 0.717) is 54.2 Å². The number of carbonyl (C=O) groups excluding carboxylic acids is 2. The third-order valence-electron chi connectivity index (χ3n) is 5.03. The number of likely N-dealkylation sites (tertiary alicyclic amines) is 1. The fourth-order valence-corrected chi connectivity index (χ4v) is 3.33. The minimum absolute atomic E-state index is 0.0649. The van der Waals surface area contributed by atoms with E-state index in [1.54, 1.807) is 61.6 Å². The molecule has 1 N–H and O–H groups in total. The largest absolute Gasteiger partial charge is 0.497 e. The Balaban J connectivity index is 1.59. The lowest BCUT2D eigenvalue weighted by Crippen LogP contribution is -2.41. The fraction of sp³-hybridized carbons (Fsp3) is 0.318. The number of hydrogen-bond acceptors (Lipinski definition) is 5. The molecule has 1 aliphatic heterocycles. The zero-order valence-corrected chi connectivity index (χ0v) is 16.5. The average molecular weight is 393 g/mol. The van der Waals surface area contributed by atoms with Gasteiger partial charge in [0.2, 0.25) is 5.91 Å². The number of benzene rings is 2. The van der Waals surface area contributed by atoms with Crippen molar-refractivity contribution < 1.29 is 19.1 Å². The second kappa shape index (κ2) is 9.11. The Labute approximate surface area is 169 Å². The van der Waals surface area contributed by atoms with Gasteiger partial charge in [-0.1, -0.05) is 0 Å². The molecule has 0 saturated carbocycles. The van der Waals surface area contributed by atoms with Crippen molar-refractivity contribution in [2.75, 3.05) is 32.6 Å².